The van der Waals surface area contributed by atoms with Crippen LogP contribution >= 0.6 is 0 Å². The summed E-state index contributed by atoms with van der Waals surface area (Å²) in [7, 11) is 0. The molecule has 0 aliphatic carbocycles. The third-order valence-electron chi connectivity index (χ3n) is 4.85. The number of carbonyl (C=O) groups is 2. The molecule has 0 aromatic heterocycles. The van der Waals surface area contributed by atoms with Crippen molar-refractivity contribution in [1.82, 2.24) is 15.1 Å². The van der Waals surface area contributed by atoms with E-state index in [9.17, 15) is 9.59 Å². The molecule has 0 bridgehead atoms. The van der Waals surface area contributed by atoms with Crippen molar-refractivity contribution in [3.63, 3.8) is 0 Å². The minimum atomic E-state index is -0.0439. The fourth-order valence-corrected chi connectivity index (χ4v) is 3.51. The molecule has 0 unspecified atom stereocenters. The molecule has 2 heterocycles. The molecule has 2 fully saturated rings. The molecule has 25 heavy (non-hydrogen) atoms. The zero-order valence-electron chi connectivity index (χ0n) is 14.4. The van der Waals surface area contributed by atoms with Crippen LogP contribution in [0.1, 0.15) is 6.42 Å². The van der Waals surface area contributed by atoms with Crippen molar-refractivity contribution < 1.29 is 9.59 Å². The highest BCUT2D eigenvalue weighted by Crippen LogP contribution is 2.24. The number of anilines is 1. The van der Waals surface area contributed by atoms with Crippen molar-refractivity contribution in [3.8, 4) is 12.3 Å². The smallest absolute Gasteiger partial charge is 0.244 e. The fourth-order valence-electron chi connectivity index (χ4n) is 3.51. The number of para-hydroxylation sites is 1. The van der Waals surface area contributed by atoms with Gasteiger partial charge in [-0.15, -0.1) is 6.42 Å². The summed E-state index contributed by atoms with van der Waals surface area (Å²) < 4.78 is 0. The van der Waals surface area contributed by atoms with Crippen LogP contribution in [0.15, 0.2) is 30.3 Å². The molecule has 1 N–H and O–H groups in total. The normalized spacial score (nSPS) is 22.0. The van der Waals surface area contributed by atoms with Crippen LogP contribution in [0.3, 0.4) is 0 Å². The van der Waals surface area contributed by atoms with Gasteiger partial charge in [-0.1, -0.05) is 24.1 Å². The van der Waals surface area contributed by atoms with Gasteiger partial charge in [-0.05, 0) is 18.6 Å². The van der Waals surface area contributed by atoms with Crippen LogP contribution in [0, 0.1) is 12.3 Å². The van der Waals surface area contributed by atoms with E-state index in [0.29, 0.717) is 6.54 Å². The topological polar surface area (TPSA) is 55.9 Å². The van der Waals surface area contributed by atoms with Gasteiger partial charge in [-0.2, -0.15) is 0 Å². The summed E-state index contributed by atoms with van der Waals surface area (Å²) in [5.41, 5.74) is 0.971. The van der Waals surface area contributed by atoms with Gasteiger partial charge in [0.05, 0.1) is 19.1 Å². The lowest BCUT2D eigenvalue weighted by Crippen LogP contribution is -2.54. The Hall–Kier alpha value is -2.36. The highest BCUT2D eigenvalue weighted by atomic mass is 16.2. The first-order chi connectivity index (χ1) is 12.2. The number of carbonyl (C=O) groups excluding carboxylic acids is 2. The van der Waals surface area contributed by atoms with Gasteiger partial charge in [0.2, 0.25) is 11.8 Å². The SMILES string of the molecule is C#CCNC(=O)CN1CCN([C@H]2CCN(c3ccccc3)C2=O)CC1. The molecule has 2 aliphatic rings. The van der Waals surface area contributed by atoms with E-state index < -0.39 is 0 Å². The van der Waals surface area contributed by atoms with Crippen molar-refractivity contribution in [3.05, 3.63) is 30.3 Å². The molecule has 132 valence electrons. The van der Waals surface area contributed by atoms with Crippen LogP contribution in [0.4, 0.5) is 5.69 Å². The van der Waals surface area contributed by atoms with Gasteiger partial charge >= 0.3 is 0 Å². The molecule has 2 amide bonds. The molecule has 0 spiro atoms. The number of hydrogen-bond donors (Lipinski definition) is 1. The quantitative estimate of drug-likeness (QED) is 0.776. The highest BCUT2D eigenvalue weighted by molar-refractivity contribution is 5.99. The summed E-state index contributed by atoms with van der Waals surface area (Å²) in [6.07, 6.45) is 6.00. The molecule has 1 aromatic rings. The number of piperazine rings is 1. The average Bonchev–Trinajstić information content (AvgIpc) is 3.03. The van der Waals surface area contributed by atoms with E-state index in [0.717, 1.165) is 44.8 Å². The van der Waals surface area contributed by atoms with E-state index in [4.69, 9.17) is 6.42 Å². The zero-order chi connectivity index (χ0) is 17.6. The number of rotatable bonds is 5. The van der Waals surface area contributed by atoms with Crippen molar-refractivity contribution in [2.45, 2.75) is 12.5 Å². The van der Waals surface area contributed by atoms with Crippen LogP contribution in [-0.2, 0) is 9.59 Å². The monoisotopic (exact) mass is 340 g/mol. The lowest BCUT2D eigenvalue weighted by molar-refractivity contribution is -0.125. The Kier molecular flexibility index (Phi) is 5.69. The number of amides is 2. The van der Waals surface area contributed by atoms with Crippen LogP contribution in [0.5, 0.6) is 0 Å². The van der Waals surface area contributed by atoms with Crippen LogP contribution in [0.2, 0.25) is 0 Å². The van der Waals surface area contributed by atoms with Gasteiger partial charge in [0, 0.05) is 38.4 Å². The molecule has 6 nitrogen and oxygen atoms in total. The Morgan fingerprint density at radius 2 is 1.88 bits per heavy atom. The first-order valence-corrected chi connectivity index (χ1v) is 8.72. The molecule has 0 saturated carbocycles. The second kappa shape index (κ2) is 8.15. The number of nitrogens with one attached hydrogen (secondary N) is 1. The maximum absolute atomic E-state index is 12.8. The van der Waals surface area contributed by atoms with Crippen molar-refractivity contribution in [1.29, 1.82) is 0 Å². The minimum absolute atomic E-state index is 0.0430. The van der Waals surface area contributed by atoms with E-state index in [1.165, 1.54) is 0 Å². The first-order valence-electron chi connectivity index (χ1n) is 8.72. The highest BCUT2D eigenvalue weighted by Gasteiger charge is 2.37. The predicted octanol–water partition coefficient (Wildman–Crippen LogP) is 0.159. The summed E-state index contributed by atoms with van der Waals surface area (Å²) in [6.45, 7) is 4.59. The second-order valence-electron chi connectivity index (χ2n) is 6.42. The summed E-state index contributed by atoms with van der Waals surface area (Å²) in [6, 6.07) is 9.79. The second-order valence-corrected chi connectivity index (χ2v) is 6.42. The van der Waals surface area contributed by atoms with Crippen LogP contribution in [-0.4, -0.2) is 73.5 Å². The van der Waals surface area contributed by atoms with Crippen LogP contribution < -0.4 is 10.2 Å². The Bertz CT molecular complexity index is 647. The molecule has 0 radical (unpaired) electrons. The Morgan fingerprint density at radius 3 is 2.56 bits per heavy atom. The van der Waals surface area contributed by atoms with E-state index in [-0.39, 0.29) is 24.4 Å². The predicted molar refractivity (Wildman–Crippen MR) is 97.1 cm³/mol. The molecule has 1 aromatic carbocycles. The maximum atomic E-state index is 12.8. The maximum Gasteiger partial charge on any atom is 0.244 e. The third-order valence-corrected chi connectivity index (χ3v) is 4.85. The Balaban J connectivity index is 1.50. The van der Waals surface area contributed by atoms with E-state index in [2.05, 4.69) is 21.0 Å². The standard InChI is InChI=1S/C19H24N4O2/c1-2-9-20-18(24)15-21-11-13-22(14-12-21)17-8-10-23(19(17)25)16-6-4-3-5-7-16/h1,3-7,17H,8-15H2,(H,20,24)/t17-/m0/s1. The lowest BCUT2D eigenvalue weighted by atomic mass is 10.2. The van der Waals surface area contributed by atoms with Crippen molar-refractivity contribution in [2.75, 3.05) is 50.7 Å². The molecule has 3 rings (SSSR count). The summed E-state index contributed by atoms with van der Waals surface area (Å²) in [5, 5.41) is 2.69. The average molecular weight is 340 g/mol. The summed E-state index contributed by atoms with van der Waals surface area (Å²) >= 11 is 0. The van der Waals surface area contributed by atoms with Gasteiger partial charge < -0.3 is 10.2 Å². The number of nitrogens with zero attached hydrogens (tertiary/aromatic N) is 3. The molecule has 6 heteroatoms. The number of terminal acetylenes is 1. The minimum Gasteiger partial charge on any atom is -0.344 e. The fraction of sp³-hybridized carbons (Fsp3) is 0.474. The molecular formula is C19H24N4O2. The van der Waals surface area contributed by atoms with Gasteiger partial charge in [-0.3, -0.25) is 19.4 Å². The Morgan fingerprint density at radius 1 is 1.16 bits per heavy atom. The molecule has 1 atom stereocenters. The van der Waals surface area contributed by atoms with E-state index in [1.54, 1.807) is 0 Å². The number of hydrogen-bond acceptors (Lipinski definition) is 4. The Labute approximate surface area is 148 Å². The van der Waals surface area contributed by atoms with E-state index >= 15 is 0 Å². The lowest BCUT2D eigenvalue weighted by Gasteiger charge is -2.36. The molecule has 2 saturated heterocycles. The van der Waals surface area contributed by atoms with Gasteiger partial charge in [0.25, 0.3) is 0 Å². The largest absolute Gasteiger partial charge is 0.344 e. The summed E-state index contributed by atoms with van der Waals surface area (Å²) in [4.78, 5) is 30.7. The van der Waals surface area contributed by atoms with Gasteiger partial charge in [0.1, 0.15) is 0 Å². The van der Waals surface area contributed by atoms with Gasteiger partial charge in [0.15, 0.2) is 0 Å². The van der Waals surface area contributed by atoms with Crippen molar-refractivity contribution in [2.24, 2.45) is 0 Å². The summed E-state index contributed by atoms with van der Waals surface area (Å²) in [5.74, 6) is 2.55. The molecule has 2 aliphatic heterocycles. The first kappa shape index (κ1) is 17.5. The third kappa shape index (κ3) is 4.19. The van der Waals surface area contributed by atoms with E-state index in [1.807, 2.05) is 35.2 Å². The van der Waals surface area contributed by atoms with Crippen molar-refractivity contribution >= 4 is 17.5 Å². The number of benzene rings is 1. The van der Waals surface area contributed by atoms with Gasteiger partial charge in [-0.25, -0.2) is 0 Å². The molecular weight excluding hydrogens is 316 g/mol. The zero-order valence-corrected chi connectivity index (χ0v) is 14.4. The van der Waals surface area contributed by atoms with Crippen LogP contribution in [0.25, 0.3) is 0 Å².